The minimum Gasteiger partial charge on any atom is -0.432 e. The molecule has 4 aliphatic rings. The summed E-state index contributed by atoms with van der Waals surface area (Å²) in [5, 5.41) is 10.5. The van der Waals surface area contributed by atoms with Gasteiger partial charge in [-0.3, -0.25) is 0 Å². The number of aliphatic hydroxyl groups excluding tert-OH is 1. The van der Waals surface area contributed by atoms with E-state index >= 15 is 0 Å². The van der Waals surface area contributed by atoms with Crippen molar-refractivity contribution in [1.82, 2.24) is 0 Å². The number of esters is 1. The van der Waals surface area contributed by atoms with Gasteiger partial charge in [-0.05, 0) is 116 Å². The van der Waals surface area contributed by atoms with Gasteiger partial charge < -0.3 is 9.84 Å². The molecule has 0 saturated heterocycles. The van der Waals surface area contributed by atoms with Crippen LogP contribution in [0.1, 0.15) is 122 Å². The third-order valence-corrected chi connectivity index (χ3v) is 12.4. The summed E-state index contributed by atoms with van der Waals surface area (Å²) in [5.74, 6) is 4.99. The maximum atomic E-state index is 12.3. The normalized spacial score (nSPS) is 39.5. The van der Waals surface area contributed by atoms with Crippen molar-refractivity contribution in [1.29, 1.82) is 0 Å². The van der Waals surface area contributed by atoms with E-state index in [9.17, 15) is 9.90 Å². The Balaban J connectivity index is 1.13. The van der Waals surface area contributed by atoms with E-state index in [0.717, 1.165) is 48.3 Å². The van der Waals surface area contributed by atoms with Gasteiger partial charge in [-0.2, -0.15) is 0 Å². The molecule has 0 bridgehead atoms. The number of benzene rings is 1. The smallest absolute Gasteiger partial charge is 0.340 e. The number of hydrogen-bond donors (Lipinski definition) is 1. The summed E-state index contributed by atoms with van der Waals surface area (Å²) in [6.07, 6.45) is 16.9. The number of hydrogen-bond acceptors (Lipinski definition) is 3. The second-order valence-electron chi connectivity index (χ2n) is 14.2. The van der Waals surface area contributed by atoms with Gasteiger partial charge in [0.1, 0.15) is 0 Å². The molecule has 4 aliphatic carbocycles. The van der Waals surface area contributed by atoms with Crippen molar-refractivity contribution in [2.24, 2.45) is 52.3 Å². The first-order valence-electron chi connectivity index (χ1n) is 15.7. The Morgan fingerprint density at radius 3 is 2.46 bits per heavy atom. The van der Waals surface area contributed by atoms with Crippen molar-refractivity contribution in [3.63, 3.8) is 0 Å². The molecular weight excluding hydrogens is 456 g/mol. The molecule has 0 heterocycles. The third kappa shape index (κ3) is 5.15. The predicted molar refractivity (Wildman–Crippen MR) is 150 cm³/mol. The van der Waals surface area contributed by atoms with Crippen LogP contribution in [0.4, 0.5) is 0 Å². The molecule has 4 saturated carbocycles. The summed E-state index contributed by atoms with van der Waals surface area (Å²) >= 11 is 0. The van der Waals surface area contributed by atoms with Crippen LogP contribution in [0, 0.1) is 52.3 Å². The molecule has 3 heteroatoms. The fourth-order valence-corrected chi connectivity index (χ4v) is 10.2. The highest BCUT2D eigenvalue weighted by molar-refractivity contribution is 5.89. The van der Waals surface area contributed by atoms with Gasteiger partial charge >= 0.3 is 5.97 Å². The minimum absolute atomic E-state index is 0.0476. The van der Waals surface area contributed by atoms with E-state index in [1.165, 1.54) is 70.6 Å². The van der Waals surface area contributed by atoms with Crippen LogP contribution in [0.25, 0.3) is 0 Å². The van der Waals surface area contributed by atoms with Crippen LogP contribution in [-0.4, -0.2) is 17.4 Å². The number of rotatable bonds is 8. The Morgan fingerprint density at radius 1 is 0.919 bits per heavy atom. The molecule has 0 aliphatic heterocycles. The van der Waals surface area contributed by atoms with E-state index in [0.29, 0.717) is 16.4 Å². The molecule has 10 atom stereocenters. The van der Waals surface area contributed by atoms with Gasteiger partial charge in [0.2, 0.25) is 6.29 Å². The first-order chi connectivity index (χ1) is 17.7. The molecule has 4 fully saturated rings. The van der Waals surface area contributed by atoms with E-state index in [1.807, 2.05) is 25.1 Å². The van der Waals surface area contributed by atoms with E-state index in [-0.39, 0.29) is 5.92 Å². The molecule has 0 radical (unpaired) electrons. The zero-order chi connectivity index (χ0) is 26.2. The first kappa shape index (κ1) is 27.2. The monoisotopic (exact) mass is 508 g/mol. The molecular formula is C34H52O3. The quantitative estimate of drug-likeness (QED) is 0.282. The highest BCUT2D eigenvalue weighted by Gasteiger charge is 2.60. The minimum atomic E-state index is -1.04. The lowest BCUT2D eigenvalue weighted by Gasteiger charge is -2.61. The number of aliphatic hydroxyl groups is 1. The lowest BCUT2D eigenvalue weighted by atomic mass is 9.44. The molecule has 206 valence electrons. The average molecular weight is 509 g/mol. The number of fused-ring (bicyclic) bond motifs is 5. The van der Waals surface area contributed by atoms with Crippen molar-refractivity contribution < 1.29 is 14.6 Å². The summed E-state index contributed by atoms with van der Waals surface area (Å²) in [6.45, 7) is 9.87. The van der Waals surface area contributed by atoms with Crippen molar-refractivity contribution >= 4 is 5.97 Å². The predicted octanol–water partition coefficient (Wildman–Crippen LogP) is 8.65. The second-order valence-corrected chi connectivity index (χ2v) is 14.2. The Hall–Kier alpha value is -1.35. The van der Waals surface area contributed by atoms with Crippen LogP contribution in [0.15, 0.2) is 30.3 Å². The fourth-order valence-electron chi connectivity index (χ4n) is 10.2. The average Bonchev–Trinajstić information content (AvgIpc) is 3.26. The second kappa shape index (κ2) is 11.0. The van der Waals surface area contributed by atoms with Crippen LogP contribution in [0.2, 0.25) is 0 Å². The Bertz CT molecular complexity index is 913. The van der Waals surface area contributed by atoms with Gasteiger partial charge in [-0.1, -0.05) is 71.6 Å². The molecule has 5 rings (SSSR count). The molecule has 0 aromatic heterocycles. The summed E-state index contributed by atoms with van der Waals surface area (Å²) in [4.78, 5) is 12.3. The topological polar surface area (TPSA) is 46.5 Å². The molecule has 1 aromatic carbocycles. The summed E-state index contributed by atoms with van der Waals surface area (Å²) in [5.41, 5.74) is 1.65. The standard InChI is InChI=1S/C34H52O3/c1-23(11-10-12-24(2)31(35)37-32(36)25-13-6-5-7-14-25)28-18-19-29-27-17-16-26-15-8-9-21-33(26,3)30(27)20-22-34(28,29)4/h5-7,13-14,23-24,26-31,35H,8-12,15-22H2,1-4H3/t23-,24?,26?,27+,28-,29+,30+,31?,33+,34-/m1/s1. The highest BCUT2D eigenvalue weighted by atomic mass is 16.6. The maximum absolute atomic E-state index is 12.3. The Kier molecular flexibility index (Phi) is 8.11. The van der Waals surface area contributed by atoms with Crippen LogP contribution in [0.5, 0.6) is 0 Å². The van der Waals surface area contributed by atoms with Crippen molar-refractivity contribution in [3.05, 3.63) is 35.9 Å². The molecule has 0 spiro atoms. The van der Waals surface area contributed by atoms with Crippen LogP contribution in [-0.2, 0) is 4.74 Å². The fraction of sp³-hybridized carbons (Fsp3) is 0.794. The highest BCUT2D eigenvalue weighted by Crippen LogP contribution is 2.68. The van der Waals surface area contributed by atoms with Crippen molar-refractivity contribution in [3.8, 4) is 0 Å². The molecule has 37 heavy (non-hydrogen) atoms. The summed E-state index contributed by atoms with van der Waals surface area (Å²) in [7, 11) is 0. The molecule has 1 aromatic rings. The van der Waals surface area contributed by atoms with Crippen LogP contribution < -0.4 is 0 Å². The van der Waals surface area contributed by atoms with Crippen LogP contribution >= 0.6 is 0 Å². The van der Waals surface area contributed by atoms with E-state index < -0.39 is 12.3 Å². The van der Waals surface area contributed by atoms with Gasteiger partial charge in [-0.15, -0.1) is 0 Å². The van der Waals surface area contributed by atoms with Gasteiger partial charge in [0.25, 0.3) is 0 Å². The van der Waals surface area contributed by atoms with E-state index in [2.05, 4.69) is 20.8 Å². The van der Waals surface area contributed by atoms with E-state index in [4.69, 9.17) is 4.74 Å². The van der Waals surface area contributed by atoms with Gasteiger partial charge in [0, 0.05) is 5.92 Å². The zero-order valence-corrected chi connectivity index (χ0v) is 24.0. The summed E-state index contributed by atoms with van der Waals surface area (Å²) < 4.78 is 5.35. The molecule has 3 nitrogen and oxygen atoms in total. The zero-order valence-electron chi connectivity index (χ0n) is 24.0. The van der Waals surface area contributed by atoms with Gasteiger partial charge in [0.15, 0.2) is 0 Å². The number of ether oxygens (including phenoxy) is 1. The summed E-state index contributed by atoms with van der Waals surface area (Å²) in [6, 6.07) is 8.96. The van der Waals surface area contributed by atoms with Crippen molar-refractivity contribution in [2.75, 3.05) is 0 Å². The van der Waals surface area contributed by atoms with Gasteiger partial charge in [-0.25, -0.2) is 4.79 Å². The lowest BCUT2D eigenvalue weighted by molar-refractivity contribution is -0.114. The molecule has 3 unspecified atom stereocenters. The first-order valence-corrected chi connectivity index (χ1v) is 15.7. The lowest BCUT2D eigenvalue weighted by Crippen LogP contribution is -2.53. The van der Waals surface area contributed by atoms with E-state index in [1.54, 1.807) is 12.1 Å². The molecule has 1 N–H and O–H groups in total. The Morgan fingerprint density at radius 2 is 1.68 bits per heavy atom. The SMILES string of the molecule is CC(CCC[C@@H](C)[C@H]1CC[C@H]2[C@@H]3CCC4CCCC[C@]4(C)[C@H]3CC[C@]12C)C(O)OC(=O)c1ccccc1. The van der Waals surface area contributed by atoms with Crippen LogP contribution in [0.3, 0.4) is 0 Å². The molecule has 0 amide bonds. The Labute approximate surface area is 226 Å². The van der Waals surface area contributed by atoms with Gasteiger partial charge in [0.05, 0.1) is 5.56 Å². The number of carbonyl (C=O) groups is 1. The number of carbonyl (C=O) groups excluding carboxylic acids is 1. The maximum Gasteiger partial charge on any atom is 0.340 e. The largest absolute Gasteiger partial charge is 0.432 e. The third-order valence-electron chi connectivity index (χ3n) is 12.4. The van der Waals surface area contributed by atoms with Crippen molar-refractivity contribution in [2.45, 2.75) is 117 Å².